The lowest BCUT2D eigenvalue weighted by Crippen LogP contribution is -2.06. The van der Waals surface area contributed by atoms with E-state index in [1.165, 1.54) is 13.3 Å². The lowest BCUT2D eigenvalue weighted by molar-refractivity contribution is 0.174. The van der Waals surface area contributed by atoms with Gasteiger partial charge < -0.3 is 4.74 Å². The van der Waals surface area contributed by atoms with Crippen LogP contribution in [0.2, 0.25) is 0 Å². The monoisotopic (exact) mass is 238 g/mol. The van der Waals surface area contributed by atoms with Gasteiger partial charge in [-0.2, -0.15) is 5.10 Å². The van der Waals surface area contributed by atoms with Gasteiger partial charge in [-0.15, -0.1) is 0 Å². The highest BCUT2D eigenvalue weighted by molar-refractivity contribution is 8.13. The average Bonchev–Trinajstić information content (AvgIpc) is 2.47. The summed E-state index contributed by atoms with van der Waals surface area (Å²) < 4.78 is 28.6. The minimum Gasteiger partial charge on any atom is -0.378 e. The third-order valence-corrected chi connectivity index (χ3v) is 3.12. The fraction of sp³-hybridized carbons (Fsp3) is 0.571. The molecule has 0 fully saturated rings. The molecule has 5 nitrogen and oxygen atoms in total. The van der Waals surface area contributed by atoms with Gasteiger partial charge in [-0.05, 0) is 6.92 Å². The maximum absolute atomic E-state index is 11.1. The molecule has 1 aromatic rings. The molecule has 1 heterocycles. The Morgan fingerprint density at radius 1 is 1.64 bits per heavy atom. The summed E-state index contributed by atoms with van der Waals surface area (Å²) >= 11 is 0. The predicted molar refractivity (Wildman–Crippen MR) is 51.7 cm³/mol. The quantitative estimate of drug-likeness (QED) is 0.734. The van der Waals surface area contributed by atoms with Crippen molar-refractivity contribution in [3.63, 3.8) is 0 Å². The Morgan fingerprint density at radius 3 is 2.71 bits per heavy atom. The van der Waals surface area contributed by atoms with Crippen molar-refractivity contribution in [1.82, 2.24) is 9.78 Å². The third kappa shape index (κ3) is 2.26. The van der Waals surface area contributed by atoms with Crippen molar-refractivity contribution in [2.24, 2.45) is 0 Å². The van der Waals surface area contributed by atoms with E-state index in [9.17, 15) is 8.42 Å². The van der Waals surface area contributed by atoms with E-state index in [1.807, 2.05) is 6.92 Å². The van der Waals surface area contributed by atoms with Crippen molar-refractivity contribution in [3.05, 3.63) is 11.9 Å². The molecule has 0 bridgehead atoms. The molecule has 0 aliphatic heterocycles. The Hall–Kier alpha value is -0.590. The Bertz CT molecular complexity index is 413. The van der Waals surface area contributed by atoms with Crippen LogP contribution in [0.15, 0.2) is 11.1 Å². The van der Waals surface area contributed by atoms with Crippen LogP contribution in [0.3, 0.4) is 0 Å². The van der Waals surface area contributed by atoms with Gasteiger partial charge in [-0.25, -0.2) is 8.42 Å². The molecule has 14 heavy (non-hydrogen) atoms. The van der Waals surface area contributed by atoms with Crippen LogP contribution in [0.25, 0.3) is 0 Å². The van der Waals surface area contributed by atoms with Crippen LogP contribution in [0, 0.1) is 0 Å². The molecule has 1 aromatic heterocycles. The Balaban J connectivity index is 3.24. The highest BCUT2D eigenvalue weighted by Crippen LogP contribution is 2.20. The fourth-order valence-corrected chi connectivity index (χ4v) is 2.16. The molecule has 1 rings (SSSR count). The van der Waals surface area contributed by atoms with Gasteiger partial charge in [0.1, 0.15) is 4.90 Å². The fourth-order valence-electron chi connectivity index (χ4n) is 1.15. The van der Waals surface area contributed by atoms with E-state index in [4.69, 9.17) is 15.4 Å². The number of aromatic nitrogens is 2. The zero-order valence-corrected chi connectivity index (χ0v) is 9.47. The summed E-state index contributed by atoms with van der Waals surface area (Å²) in [7, 11) is 2.98. The number of rotatable bonds is 4. The van der Waals surface area contributed by atoms with Crippen molar-refractivity contribution >= 4 is 19.7 Å². The van der Waals surface area contributed by atoms with Gasteiger partial charge in [-0.1, -0.05) is 0 Å². The number of ether oxygens (including phenoxy) is 1. The summed E-state index contributed by atoms with van der Waals surface area (Å²) in [5, 5.41) is 3.89. The van der Waals surface area contributed by atoms with E-state index < -0.39 is 9.05 Å². The van der Waals surface area contributed by atoms with Crippen LogP contribution in [0.4, 0.5) is 0 Å². The number of hydrogen-bond donors (Lipinski definition) is 0. The minimum atomic E-state index is -3.74. The van der Waals surface area contributed by atoms with E-state index in [2.05, 4.69) is 5.10 Å². The molecule has 0 aromatic carbocycles. The van der Waals surface area contributed by atoms with Crippen molar-refractivity contribution in [2.45, 2.75) is 25.0 Å². The first kappa shape index (κ1) is 11.5. The SMILES string of the molecule is CCn1ncc(S(=O)(=O)Cl)c1COC. The van der Waals surface area contributed by atoms with Crippen molar-refractivity contribution in [2.75, 3.05) is 7.11 Å². The van der Waals surface area contributed by atoms with Crippen LogP contribution in [0.5, 0.6) is 0 Å². The number of aryl methyl sites for hydroxylation is 1. The lowest BCUT2D eigenvalue weighted by atomic mass is 10.4. The number of halogens is 1. The molecular formula is C7H11ClN2O3S. The van der Waals surface area contributed by atoms with Crippen LogP contribution >= 0.6 is 10.7 Å². The molecule has 0 aliphatic rings. The topological polar surface area (TPSA) is 61.2 Å². The lowest BCUT2D eigenvalue weighted by Gasteiger charge is -2.04. The van der Waals surface area contributed by atoms with E-state index in [0.29, 0.717) is 12.2 Å². The van der Waals surface area contributed by atoms with E-state index in [0.717, 1.165) is 0 Å². The Kier molecular flexibility index (Phi) is 3.52. The molecule has 0 N–H and O–H groups in total. The van der Waals surface area contributed by atoms with E-state index in [-0.39, 0.29) is 11.5 Å². The third-order valence-electron chi connectivity index (χ3n) is 1.75. The van der Waals surface area contributed by atoms with Crippen molar-refractivity contribution in [3.8, 4) is 0 Å². The summed E-state index contributed by atoms with van der Waals surface area (Å²) in [6.07, 6.45) is 1.24. The van der Waals surface area contributed by atoms with E-state index >= 15 is 0 Å². The summed E-state index contributed by atoms with van der Waals surface area (Å²) in [4.78, 5) is 0.0165. The van der Waals surface area contributed by atoms with Gasteiger partial charge >= 0.3 is 0 Å². The van der Waals surface area contributed by atoms with Crippen molar-refractivity contribution < 1.29 is 13.2 Å². The second kappa shape index (κ2) is 4.29. The molecule has 0 saturated carbocycles. The second-order valence-electron chi connectivity index (χ2n) is 2.64. The normalized spacial score (nSPS) is 11.9. The smallest absolute Gasteiger partial charge is 0.264 e. The molecule has 80 valence electrons. The summed E-state index contributed by atoms with van der Waals surface area (Å²) in [6.45, 7) is 2.61. The van der Waals surface area contributed by atoms with Gasteiger partial charge in [-0.3, -0.25) is 4.68 Å². The minimum absolute atomic E-state index is 0.0165. The molecule has 0 unspecified atom stereocenters. The van der Waals surface area contributed by atoms with Gasteiger partial charge in [0.05, 0.1) is 18.5 Å². The molecule has 0 amide bonds. The summed E-state index contributed by atoms with van der Waals surface area (Å²) in [5.74, 6) is 0. The zero-order valence-electron chi connectivity index (χ0n) is 7.90. The summed E-state index contributed by atoms with van der Waals surface area (Å²) in [5.41, 5.74) is 0.477. The molecule has 0 atom stereocenters. The highest BCUT2D eigenvalue weighted by Gasteiger charge is 2.20. The van der Waals surface area contributed by atoms with Crippen molar-refractivity contribution in [1.29, 1.82) is 0 Å². The predicted octanol–water partition coefficient (Wildman–Crippen LogP) is 0.977. The Labute approximate surface area is 87.0 Å². The number of nitrogens with zero attached hydrogens (tertiary/aromatic N) is 2. The van der Waals surface area contributed by atoms with Crippen LogP contribution in [-0.4, -0.2) is 25.3 Å². The van der Waals surface area contributed by atoms with Crippen LogP contribution in [0.1, 0.15) is 12.6 Å². The van der Waals surface area contributed by atoms with E-state index in [1.54, 1.807) is 4.68 Å². The number of hydrogen-bond acceptors (Lipinski definition) is 4. The molecular weight excluding hydrogens is 228 g/mol. The Morgan fingerprint density at radius 2 is 2.29 bits per heavy atom. The highest BCUT2D eigenvalue weighted by atomic mass is 35.7. The van der Waals surface area contributed by atoms with Crippen LogP contribution in [-0.2, 0) is 26.9 Å². The standard InChI is InChI=1S/C7H11ClN2O3S/c1-3-10-6(5-13-2)7(4-9-10)14(8,11)12/h4H,3,5H2,1-2H3. The summed E-state index contributed by atoms with van der Waals surface area (Å²) in [6, 6.07) is 0. The first-order valence-corrected chi connectivity index (χ1v) is 6.30. The first-order valence-electron chi connectivity index (χ1n) is 3.99. The first-order chi connectivity index (χ1) is 6.50. The molecule has 0 saturated heterocycles. The van der Waals surface area contributed by atoms with Gasteiger partial charge in [0.15, 0.2) is 0 Å². The van der Waals surface area contributed by atoms with Gasteiger partial charge in [0.2, 0.25) is 0 Å². The maximum Gasteiger partial charge on any atom is 0.264 e. The maximum atomic E-state index is 11.1. The van der Waals surface area contributed by atoms with Gasteiger partial charge in [0.25, 0.3) is 9.05 Å². The number of methoxy groups -OCH3 is 1. The average molecular weight is 239 g/mol. The van der Waals surface area contributed by atoms with Gasteiger partial charge in [0, 0.05) is 24.3 Å². The molecule has 0 spiro atoms. The van der Waals surface area contributed by atoms with Crippen LogP contribution < -0.4 is 0 Å². The zero-order chi connectivity index (χ0) is 10.8. The largest absolute Gasteiger partial charge is 0.378 e. The molecule has 7 heteroatoms. The molecule has 0 aliphatic carbocycles. The second-order valence-corrected chi connectivity index (χ2v) is 5.18. The molecule has 0 radical (unpaired) electrons.